The molecule has 0 aromatic rings. The third kappa shape index (κ3) is 3.37. The first-order valence-corrected chi connectivity index (χ1v) is 8.70. The Morgan fingerprint density at radius 3 is 2.55 bits per heavy atom. The van der Waals surface area contributed by atoms with E-state index in [1.807, 2.05) is 0 Å². The molecule has 0 spiro atoms. The molecule has 0 bridgehead atoms. The fraction of sp³-hybridized carbons (Fsp3) is 1.00. The first-order chi connectivity index (χ1) is 9.67. The van der Waals surface area contributed by atoms with Crippen LogP contribution in [-0.2, 0) is 4.74 Å². The number of nitrogens with zero attached hydrogens (tertiary/aromatic N) is 1. The van der Waals surface area contributed by atoms with Crippen LogP contribution in [0.4, 0.5) is 0 Å². The molecule has 3 aliphatic rings. The summed E-state index contributed by atoms with van der Waals surface area (Å²) in [6, 6.07) is 0.576. The standard InChI is InChI=1S/C17H32N2O/c1-14(2)18-11-17(7-4-8-20-13-17)12-19-9-15-5-3-6-16(15)10-19/h14-16,18H,3-13H2,1-2H3. The van der Waals surface area contributed by atoms with Crippen molar-refractivity contribution in [3.05, 3.63) is 0 Å². The fourth-order valence-corrected chi connectivity index (χ4v) is 4.59. The van der Waals surface area contributed by atoms with E-state index in [-0.39, 0.29) is 0 Å². The summed E-state index contributed by atoms with van der Waals surface area (Å²) in [5.41, 5.74) is 0.362. The highest BCUT2D eigenvalue weighted by atomic mass is 16.5. The molecule has 0 amide bonds. The third-order valence-corrected chi connectivity index (χ3v) is 5.65. The molecule has 3 heteroatoms. The van der Waals surface area contributed by atoms with Gasteiger partial charge in [0.05, 0.1) is 6.61 Å². The molecule has 3 nitrogen and oxygen atoms in total. The molecule has 3 atom stereocenters. The van der Waals surface area contributed by atoms with Gasteiger partial charge in [0.15, 0.2) is 0 Å². The van der Waals surface area contributed by atoms with Gasteiger partial charge in [-0.25, -0.2) is 0 Å². The largest absolute Gasteiger partial charge is 0.381 e. The van der Waals surface area contributed by atoms with E-state index in [9.17, 15) is 0 Å². The second-order valence-electron chi connectivity index (χ2n) is 7.84. The third-order valence-electron chi connectivity index (χ3n) is 5.65. The number of hydrogen-bond acceptors (Lipinski definition) is 3. The van der Waals surface area contributed by atoms with E-state index in [2.05, 4.69) is 24.1 Å². The minimum absolute atomic E-state index is 0.362. The molecule has 0 aromatic carbocycles. The molecule has 3 fully saturated rings. The van der Waals surface area contributed by atoms with Crippen molar-refractivity contribution in [2.75, 3.05) is 39.4 Å². The van der Waals surface area contributed by atoms with Crippen LogP contribution in [0.15, 0.2) is 0 Å². The summed E-state index contributed by atoms with van der Waals surface area (Å²) in [4.78, 5) is 2.76. The van der Waals surface area contributed by atoms with Gasteiger partial charge in [0, 0.05) is 44.2 Å². The predicted molar refractivity (Wildman–Crippen MR) is 82.9 cm³/mol. The normalized spacial score (nSPS) is 38.5. The zero-order chi connectivity index (χ0) is 14.0. The summed E-state index contributed by atoms with van der Waals surface area (Å²) in [6.07, 6.45) is 7.01. The van der Waals surface area contributed by atoms with Gasteiger partial charge in [0.25, 0.3) is 0 Å². The van der Waals surface area contributed by atoms with E-state index in [0.717, 1.165) is 31.6 Å². The Labute approximate surface area is 124 Å². The molecule has 1 saturated carbocycles. The van der Waals surface area contributed by atoms with Gasteiger partial charge in [-0.15, -0.1) is 0 Å². The highest BCUT2D eigenvalue weighted by molar-refractivity contribution is 4.94. The maximum absolute atomic E-state index is 5.86. The van der Waals surface area contributed by atoms with Gasteiger partial charge in [0.1, 0.15) is 0 Å². The number of ether oxygens (including phenoxy) is 1. The molecule has 1 N–H and O–H groups in total. The van der Waals surface area contributed by atoms with Crippen molar-refractivity contribution in [1.82, 2.24) is 10.2 Å². The minimum Gasteiger partial charge on any atom is -0.381 e. The van der Waals surface area contributed by atoms with Gasteiger partial charge in [-0.05, 0) is 37.5 Å². The lowest BCUT2D eigenvalue weighted by molar-refractivity contribution is -0.0248. The molecule has 2 heterocycles. The molecule has 2 aliphatic heterocycles. The number of nitrogens with one attached hydrogen (secondary N) is 1. The van der Waals surface area contributed by atoms with Crippen LogP contribution in [0.2, 0.25) is 0 Å². The summed E-state index contributed by atoms with van der Waals surface area (Å²) in [7, 11) is 0. The van der Waals surface area contributed by atoms with E-state index in [1.165, 1.54) is 51.7 Å². The zero-order valence-electron chi connectivity index (χ0n) is 13.4. The highest BCUT2D eigenvalue weighted by Gasteiger charge is 2.41. The van der Waals surface area contributed by atoms with Crippen molar-refractivity contribution in [3.8, 4) is 0 Å². The lowest BCUT2D eigenvalue weighted by atomic mass is 9.81. The fourth-order valence-electron chi connectivity index (χ4n) is 4.59. The summed E-state index contributed by atoms with van der Waals surface area (Å²) in [5.74, 6) is 2.02. The summed E-state index contributed by atoms with van der Waals surface area (Å²) in [6.45, 7) is 11.5. The van der Waals surface area contributed by atoms with Gasteiger partial charge in [-0.2, -0.15) is 0 Å². The lowest BCUT2D eigenvalue weighted by Gasteiger charge is -2.40. The molecule has 0 aromatic heterocycles. The quantitative estimate of drug-likeness (QED) is 0.837. The number of fused-ring (bicyclic) bond motifs is 1. The monoisotopic (exact) mass is 280 g/mol. The van der Waals surface area contributed by atoms with Gasteiger partial charge >= 0.3 is 0 Å². The van der Waals surface area contributed by atoms with E-state index in [0.29, 0.717) is 11.5 Å². The Morgan fingerprint density at radius 1 is 1.20 bits per heavy atom. The summed E-state index contributed by atoms with van der Waals surface area (Å²) < 4.78 is 5.86. The van der Waals surface area contributed by atoms with Crippen molar-refractivity contribution < 1.29 is 4.74 Å². The zero-order valence-corrected chi connectivity index (χ0v) is 13.4. The van der Waals surface area contributed by atoms with Crippen molar-refractivity contribution in [2.24, 2.45) is 17.3 Å². The highest BCUT2D eigenvalue weighted by Crippen LogP contribution is 2.39. The second-order valence-corrected chi connectivity index (χ2v) is 7.84. The van der Waals surface area contributed by atoms with Crippen LogP contribution in [0, 0.1) is 17.3 Å². The molecule has 0 radical (unpaired) electrons. The van der Waals surface area contributed by atoms with Crippen LogP contribution >= 0.6 is 0 Å². The van der Waals surface area contributed by atoms with Gasteiger partial charge < -0.3 is 15.0 Å². The molecule has 116 valence electrons. The van der Waals surface area contributed by atoms with Crippen LogP contribution in [0.1, 0.15) is 46.0 Å². The lowest BCUT2D eigenvalue weighted by Crippen LogP contribution is -2.49. The van der Waals surface area contributed by atoms with Crippen LogP contribution in [0.5, 0.6) is 0 Å². The van der Waals surface area contributed by atoms with Crippen molar-refractivity contribution >= 4 is 0 Å². The van der Waals surface area contributed by atoms with Crippen molar-refractivity contribution in [1.29, 1.82) is 0 Å². The Kier molecular flexibility index (Phi) is 4.68. The van der Waals surface area contributed by atoms with Crippen LogP contribution < -0.4 is 5.32 Å². The SMILES string of the molecule is CC(C)NCC1(CN2CC3CCCC3C2)CCCOC1. The van der Waals surface area contributed by atoms with Crippen LogP contribution in [0.25, 0.3) is 0 Å². The second kappa shape index (κ2) is 6.33. The first kappa shape index (κ1) is 14.8. The van der Waals surface area contributed by atoms with Gasteiger partial charge in [0.2, 0.25) is 0 Å². The molecule has 20 heavy (non-hydrogen) atoms. The average molecular weight is 280 g/mol. The summed E-state index contributed by atoms with van der Waals surface area (Å²) >= 11 is 0. The minimum atomic E-state index is 0.362. The van der Waals surface area contributed by atoms with Crippen LogP contribution in [0.3, 0.4) is 0 Å². The number of rotatable bonds is 5. The first-order valence-electron chi connectivity index (χ1n) is 8.70. The Hall–Kier alpha value is -0.120. The number of hydrogen-bond donors (Lipinski definition) is 1. The maximum Gasteiger partial charge on any atom is 0.0546 e. The predicted octanol–water partition coefficient (Wildman–Crippen LogP) is 2.51. The maximum atomic E-state index is 5.86. The Balaban J connectivity index is 1.58. The van der Waals surface area contributed by atoms with E-state index >= 15 is 0 Å². The molecule has 3 rings (SSSR count). The number of likely N-dealkylation sites (tertiary alicyclic amines) is 1. The van der Waals surface area contributed by atoms with E-state index < -0.39 is 0 Å². The average Bonchev–Trinajstić information content (AvgIpc) is 2.98. The Morgan fingerprint density at radius 2 is 1.95 bits per heavy atom. The molecular formula is C17H32N2O. The summed E-state index contributed by atoms with van der Waals surface area (Å²) in [5, 5.41) is 3.67. The van der Waals surface area contributed by atoms with Crippen LogP contribution in [-0.4, -0.2) is 50.3 Å². The Bertz CT molecular complexity index is 300. The van der Waals surface area contributed by atoms with Crippen molar-refractivity contribution in [2.45, 2.75) is 52.0 Å². The van der Waals surface area contributed by atoms with Gasteiger partial charge in [-0.3, -0.25) is 0 Å². The van der Waals surface area contributed by atoms with Crippen molar-refractivity contribution in [3.63, 3.8) is 0 Å². The molecule has 2 saturated heterocycles. The molecule has 3 unspecified atom stereocenters. The van der Waals surface area contributed by atoms with E-state index in [1.54, 1.807) is 0 Å². The van der Waals surface area contributed by atoms with E-state index in [4.69, 9.17) is 4.74 Å². The van der Waals surface area contributed by atoms with Gasteiger partial charge in [-0.1, -0.05) is 20.3 Å². The molecular weight excluding hydrogens is 248 g/mol. The smallest absolute Gasteiger partial charge is 0.0546 e. The topological polar surface area (TPSA) is 24.5 Å². The molecule has 1 aliphatic carbocycles.